The fraction of sp³-hybridized carbons (Fsp3) is 0.300. The van der Waals surface area contributed by atoms with Crippen molar-refractivity contribution >= 4 is 0 Å². The van der Waals surface area contributed by atoms with Crippen LogP contribution in [-0.4, -0.2) is 5.11 Å². The van der Waals surface area contributed by atoms with Crippen molar-refractivity contribution in [2.45, 2.75) is 19.4 Å². The Morgan fingerprint density at radius 3 is 2.75 bits per heavy atom. The summed E-state index contributed by atoms with van der Waals surface area (Å²) in [5.74, 6) is 0. The second-order valence-corrected chi connectivity index (χ2v) is 2.71. The monoisotopic (exact) mass is 161 g/mol. The molecule has 62 valence electrons. The zero-order valence-corrected chi connectivity index (χ0v) is 6.99. The number of aliphatic hydroxyl groups excluding tert-OH is 1. The van der Waals surface area contributed by atoms with Crippen LogP contribution in [0.15, 0.2) is 24.3 Å². The lowest BCUT2D eigenvalue weighted by atomic mass is 10.0. The SMILES string of the molecule is CC(O)c1ccccc1CC#N. The first-order chi connectivity index (χ1) is 5.75. The molecule has 0 amide bonds. The molecule has 0 heterocycles. The molecule has 0 aromatic heterocycles. The van der Waals surface area contributed by atoms with E-state index in [0.29, 0.717) is 6.42 Å². The maximum absolute atomic E-state index is 9.32. The number of nitriles is 1. The molecule has 0 saturated heterocycles. The smallest absolute Gasteiger partial charge is 0.0764 e. The molecule has 0 aliphatic carbocycles. The van der Waals surface area contributed by atoms with Gasteiger partial charge >= 0.3 is 0 Å². The molecular formula is C10H11NO. The second kappa shape index (κ2) is 3.89. The van der Waals surface area contributed by atoms with Gasteiger partial charge in [0.25, 0.3) is 0 Å². The molecule has 0 aliphatic heterocycles. The van der Waals surface area contributed by atoms with Gasteiger partial charge in [0, 0.05) is 0 Å². The minimum atomic E-state index is -0.491. The maximum atomic E-state index is 9.32. The minimum Gasteiger partial charge on any atom is -0.389 e. The molecule has 2 nitrogen and oxygen atoms in total. The van der Waals surface area contributed by atoms with E-state index in [2.05, 4.69) is 6.07 Å². The van der Waals surface area contributed by atoms with E-state index >= 15 is 0 Å². The number of benzene rings is 1. The predicted octanol–water partition coefficient (Wildman–Crippen LogP) is 1.81. The highest BCUT2D eigenvalue weighted by atomic mass is 16.3. The minimum absolute atomic E-state index is 0.362. The first kappa shape index (κ1) is 8.76. The zero-order chi connectivity index (χ0) is 8.97. The Morgan fingerprint density at radius 2 is 2.17 bits per heavy atom. The van der Waals surface area contributed by atoms with E-state index < -0.39 is 6.10 Å². The quantitative estimate of drug-likeness (QED) is 0.718. The first-order valence-corrected chi connectivity index (χ1v) is 3.88. The van der Waals surface area contributed by atoms with E-state index in [4.69, 9.17) is 5.26 Å². The average molecular weight is 161 g/mol. The molecule has 1 atom stereocenters. The molecule has 1 aromatic rings. The summed E-state index contributed by atoms with van der Waals surface area (Å²) >= 11 is 0. The summed E-state index contributed by atoms with van der Waals surface area (Å²) in [7, 11) is 0. The van der Waals surface area contributed by atoms with Crippen LogP contribution < -0.4 is 0 Å². The number of nitrogens with zero attached hydrogens (tertiary/aromatic N) is 1. The molecule has 0 saturated carbocycles. The summed E-state index contributed by atoms with van der Waals surface area (Å²) < 4.78 is 0. The Morgan fingerprint density at radius 1 is 1.50 bits per heavy atom. The van der Waals surface area contributed by atoms with Crippen LogP contribution >= 0.6 is 0 Å². The van der Waals surface area contributed by atoms with Crippen LogP contribution in [0, 0.1) is 11.3 Å². The summed E-state index contributed by atoms with van der Waals surface area (Å²) in [5.41, 5.74) is 1.76. The van der Waals surface area contributed by atoms with Gasteiger partial charge in [0.05, 0.1) is 18.6 Å². The van der Waals surface area contributed by atoms with Crippen molar-refractivity contribution in [3.05, 3.63) is 35.4 Å². The first-order valence-electron chi connectivity index (χ1n) is 3.88. The summed E-state index contributed by atoms with van der Waals surface area (Å²) in [6.45, 7) is 1.70. The number of hydrogen-bond donors (Lipinski definition) is 1. The molecule has 1 rings (SSSR count). The molecule has 2 heteroatoms. The molecule has 0 fully saturated rings. The summed E-state index contributed by atoms with van der Waals surface area (Å²) in [4.78, 5) is 0. The van der Waals surface area contributed by atoms with Crippen molar-refractivity contribution in [2.24, 2.45) is 0 Å². The van der Waals surface area contributed by atoms with Crippen LogP contribution in [0.1, 0.15) is 24.2 Å². The van der Waals surface area contributed by atoms with Gasteiger partial charge in [0.1, 0.15) is 0 Å². The molecule has 1 unspecified atom stereocenters. The van der Waals surface area contributed by atoms with Gasteiger partial charge in [-0.05, 0) is 18.1 Å². The number of aliphatic hydroxyl groups is 1. The van der Waals surface area contributed by atoms with Gasteiger partial charge in [0.15, 0.2) is 0 Å². The largest absolute Gasteiger partial charge is 0.389 e. The highest BCUT2D eigenvalue weighted by Gasteiger charge is 2.05. The van der Waals surface area contributed by atoms with E-state index in [1.807, 2.05) is 24.3 Å². The van der Waals surface area contributed by atoms with Gasteiger partial charge in [0.2, 0.25) is 0 Å². The van der Waals surface area contributed by atoms with Gasteiger partial charge in [-0.3, -0.25) is 0 Å². The van der Waals surface area contributed by atoms with Crippen LogP contribution in [0.5, 0.6) is 0 Å². The number of hydrogen-bond acceptors (Lipinski definition) is 2. The highest BCUT2D eigenvalue weighted by molar-refractivity contribution is 5.30. The fourth-order valence-corrected chi connectivity index (χ4v) is 1.19. The Hall–Kier alpha value is -1.33. The lowest BCUT2D eigenvalue weighted by molar-refractivity contribution is 0.198. The summed E-state index contributed by atoms with van der Waals surface area (Å²) in [6.07, 6.45) is -0.129. The van der Waals surface area contributed by atoms with Crippen molar-refractivity contribution in [3.63, 3.8) is 0 Å². The van der Waals surface area contributed by atoms with Crippen molar-refractivity contribution in [1.29, 1.82) is 5.26 Å². The van der Waals surface area contributed by atoms with Crippen molar-refractivity contribution < 1.29 is 5.11 Å². The van der Waals surface area contributed by atoms with E-state index in [0.717, 1.165) is 11.1 Å². The molecule has 0 spiro atoms. The Bertz CT molecular complexity index is 299. The Labute approximate surface area is 72.1 Å². The van der Waals surface area contributed by atoms with Crippen molar-refractivity contribution in [1.82, 2.24) is 0 Å². The van der Waals surface area contributed by atoms with E-state index in [1.54, 1.807) is 6.92 Å². The van der Waals surface area contributed by atoms with Crippen molar-refractivity contribution in [3.8, 4) is 6.07 Å². The van der Waals surface area contributed by atoms with Gasteiger partial charge < -0.3 is 5.11 Å². The third kappa shape index (κ3) is 1.84. The van der Waals surface area contributed by atoms with Gasteiger partial charge in [-0.15, -0.1) is 0 Å². The normalized spacial score (nSPS) is 12.1. The van der Waals surface area contributed by atoms with E-state index in [1.165, 1.54) is 0 Å². The lowest BCUT2D eigenvalue weighted by Gasteiger charge is -2.08. The molecule has 0 aliphatic rings. The van der Waals surface area contributed by atoms with Crippen molar-refractivity contribution in [2.75, 3.05) is 0 Å². The lowest BCUT2D eigenvalue weighted by Crippen LogP contribution is -1.96. The van der Waals surface area contributed by atoms with Crippen LogP contribution in [0.25, 0.3) is 0 Å². The zero-order valence-electron chi connectivity index (χ0n) is 6.99. The summed E-state index contributed by atoms with van der Waals surface area (Å²) in [6, 6.07) is 9.52. The van der Waals surface area contributed by atoms with Gasteiger partial charge in [-0.2, -0.15) is 5.26 Å². The highest BCUT2D eigenvalue weighted by Crippen LogP contribution is 2.17. The van der Waals surface area contributed by atoms with E-state index in [-0.39, 0.29) is 0 Å². The van der Waals surface area contributed by atoms with Crippen LogP contribution in [0.3, 0.4) is 0 Å². The molecule has 1 aromatic carbocycles. The molecule has 0 radical (unpaired) electrons. The van der Waals surface area contributed by atoms with Gasteiger partial charge in [-0.1, -0.05) is 24.3 Å². The second-order valence-electron chi connectivity index (χ2n) is 2.71. The van der Waals surface area contributed by atoms with E-state index in [9.17, 15) is 5.11 Å². The van der Waals surface area contributed by atoms with Crippen LogP contribution in [-0.2, 0) is 6.42 Å². The van der Waals surface area contributed by atoms with Crippen LogP contribution in [0.2, 0.25) is 0 Å². The Balaban J connectivity index is 3.02. The number of rotatable bonds is 2. The predicted molar refractivity (Wildman–Crippen MR) is 46.4 cm³/mol. The topological polar surface area (TPSA) is 44.0 Å². The molecule has 1 N–H and O–H groups in total. The summed E-state index contributed by atoms with van der Waals surface area (Å²) in [5, 5.41) is 17.8. The Kier molecular flexibility index (Phi) is 2.84. The molecular weight excluding hydrogens is 150 g/mol. The third-order valence-electron chi connectivity index (χ3n) is 1.77. The average Bonchev–Trinajstić information content (AvgIpc) is 2.05. The standard InChI is InChI=1S/C10H11NO/c1-8(12)10-5-3-2-4-9(10)6-7-11/h2-5,8,12H,6H2,1H3. The maximum Gasteiger partial charge on any atom is 0.0764 e. The third-order valence-corrected chi connectivity index (χ3v) is 1.77. The van der Waals surface area contributed by atoms with Gasteiger partial charge in [-0.25, -0.2) is 0 Å². The fourth-order valence-electron chi connectivity index (χ4n) is 1.19. The molecule has 0 bridgehead atoms. The molecule has 12 heavy (non-hydrogen) atoms. The van der Waals surface area contributed by atoms with Crippen LogP contribution in [0.4, 0.5) is 0 Å².